The Labute approximate surface area is 174 Å². The number of carbonyl (C=O) groups is 1. The SMILES string of the molecule is COc1ccc(NC(=O)CSc2nc3cc4c(cc3cc2C)CCC4)c(OC)c1. The smallest absolute Gasteiger partial charge is 0.234 e. The van der Waals surface area contributed by atoms with Crippen molar-refractivity contribution in [3.8, 4) is 11.5 Å². The number of fused-ring (bicyclic) bond motifs is 2. The molecule has 0 radical (unpaired) electrons. The van der Waals surface area contributed by atoms with E-state index in [0.717, 1.165) is 28.9 Å². The molecular weight excluding hydrogens is 384 g/mol. The average molecular weight is 409 g/mol. The van der Waals surface area contributed by atoms with Crippen molar-refractivity contribution in [1.82, 2.24) is 4.98 Å². The molecule has 1 N–H and O–H groups in total. The Morgan fingerprint density at radius 2 is 1.90 bits per heavy atom. The lowest BCUT2D eigenvalue weighted by atomic mass is 10.1. The maximum Gasteiger partial charge on any atom is 0.234 e. The molecule has 0 spiro atoms. The quantitative estimate of drug-likeness (QED) is 0.595. The molecule has 5 nitrogen and oxygen atoms in total. The summed E-state index contributed by atoms with van der Waals surface area (Å²) in [6.45, 7) is 2.05. The van der Waals surface area contributed by atoms with E-state index in [0.29, 0.717) is 17.2 Å². The summed E-state index contributed by atoms with van der Waals surface area (Å²) in [7, 11) is 3.16. The number of pyridine rings is 1. The van der Waals surface area contributed by atoms with Crippen molar-refractivity contribution in [3.63, 3.8) is 0 Å². The van der Waals surface area contributed by atoms with Crippen molar-refractivity contribution in [3.05, 3.63) is 53.1 Å². The highest BCUT2D eigenvalue weighted by atomic mass is 32.2. The van der Waals surface area contributed by atoms with Gasteiger partial charge in [0, 0.05) is 11.5 Å². The molecule has 2 aromatic carbocycles. The lowest BCUT2D eigenvalue weighted by molar-refractivity contribution is -0.113. The van der Waals surface area contributed by atoms with E-state index in [-0.39, 0.29) is 11.7 Å². The van der Waals surface area contributed by atoms with Crippen molar-refractivity contribution >= 4 is 34.3 Å². The highest BCUT2D eigenvalue weighted by Crippen LogP contribution is 2.31. The van der Waals surface area contributed by atoms with E-state index < -0.39 is 0 Å². The van der Waals surface area contributed by atoms with Crippen LogP contribution in [0.15, 0.2) is 41.4 Å². The molecular formula is C23H24N2O3S. The van der Waals surface area contributed by atoms with Crippen LogP contribution in [0.5, 0.6) is 11.5 Å². The van der Waals surface area contributed by atoms with Gasteiger partial charge in [-0.25, -0.2) is 4.98 Å². The van der Waals surface area contributed by atoms with Gasteiger partial charge in [-0.05, 0) is 73.2 Å². The van der Waals surface area contributed by atoms with Crippen LogP contribution in [-0.4, -0.2) is 30.9 Å². The molecule has 1 aliphatic carbocycles. The van der Waals surface area contributed by atoms with Crippen molar-refractivity contribution in [1.29, 1.82) is 0 Å². The van der Waals surface area contributed by atoms with Crippen LogP contribution in [0.25, 0.3) is 10.9 Å². The first-order chi connectivity index (χ1) is 14.1. The molecule has 1 heterocycles. The number of hydrogen-bond acceptors (Lipinski definition) is 5. The van der Waals surface area contributed by atoms with E-state index in [1.807, 2.05) is 6.92 Å². The van der Waals surface area contributed by atoms with Crippen LogP contribution in [0.3, 0.4) is 0 Å². The maximum atomic E-state index is 12.5. The second-order valence-corrected chi connectivity index (χ2v) is 8.14. The third kappa shape index (κ3) is 4.17. The van der Waals surface area contributed by atoms with Gasteiger partial charge in [0.1, 0.15) is 16.5 Å². The van der Waals surface area contributed by atoms with Crippen LogP contribution >= 0.6 is 11.8 Å². The van der Waals surface area contributed by atoms with E-state index in [2.05, 4.69) is 23.5 Å². The molecule has 4 rings (SSSR count). The van der Waals surface area contributed by atoms with Crippen LogP contribution in [0, 0.1) is 6.92 Å². The summed E-state index contributed by atoms with van der Waals surface area (Å²) < 4.78 is 10.5. The van der Waals surface area contributed by atoms with Gasteiger partial charge >= 0.3 is 0 Å². The highest BCUT2D eigenvalue weighted by molar-refractivity contribution is 8.00. The number of aryl methyl sites for hydroxylation is 3. The lowest BCUT2D eigenvalue weighted by Crippen LogP contribution is -2.15. The summed E-state index contributed by atoms with van der Waals surface area (Å²) in [5.74, 6) is 1.42. The molecule has 3 aromatic rings. The number of benzene rings is 2. The van der Waals surface area contributed by atoms with Crippen LogP contribution in [-0.2, 0) is 17.6 Å². The second-order valence-electron chi connectivity index (χ2n) is 7.18. The number of aromatic nitrogens is 1. The molecule has 1 aromatic heterocycles. The third-order valence-corrected chi connectivity index (χ3v) is 6.29. The van der Waals surface area contributed by atoms with Crippen molar-refractivity contribution in [2.45, 2.75) is 31.2 Å². The monoisotopic (exact) mass is 408 g/mol. The van der Waals surface area contributed by atoms with E-state index in [4.69, 9.17) is 14.5 Å². The topological polar surface area (TPSA) is 60.5 Å². The zero-order valence-electron chi connectivity index (χ0n) is 16.9. The highest BCUT2D eigenvalue weighted by Gasteiger charge is 2.15. The predicted octanol–water partition coefficient (Wildman–Crippen LogP) is 4.78. The number of rotatable bonds is 6. The summed E-state index contributed by atoms with van der Waals surface area (Å²) in [5.41, 5.74) is 5.59. The van der Waals surface area contributed by atoms with Gasteiger partial charge in [0.25, 0.3) is 0 Å². The molecule has 1 amide bonds. The zero-order valence-corrected chi connectivity index (χ0v) is 17.7. The van der Waals surface area contributed by atoms with Gasteiger partial charge in [-0.15, -0.1) is 0 Å². The number of nitrogens with zero attached hydrogens (tertiary/aromatic N) is 1. The summed E-state index contributed by atoms with van der Waals surface area (Å²) in [5, 5.41) is 4.98. The average Bonchev–Trinajstić information content (AvgIpc) is 3.18. The van der Waals surface area contributed by atoms with Gasteiger partial charge in [-0.1, -0.05) is 11.8 Å². The Balaban J connectivity index is 1.47. The fourth-order valence-electron chi connectivity index (χ4n) is 3.70. The summed E-state index contributed by atoms with van der Waals surface area (Å²) in [4.78, 5) is 17.3. The number of carbonyl (C=O) groups excluding carboxylic acids is 1. The van der Waals surface area contributed by atoms with Crippen molar-refractivity contribution < 1.29 is 14.3 Å². The Kier molecular flexibility index (Phi) is 5.62. The minimum Gasteiger partial charge on any atom is -0.497 e. The predicted molar refractivity (Wildman–Crippen MR) is 117 cm³/mol. The summed E-state index contributed by atoms with van der Waals surface area (Å²) in [6.07, 6.45) is 3.52. The fourth-order valence-corrected chi connectivity index (χ4v) is 4.49. The molecule has 0 bridgehead atoms. The minimum absolute atomic E-state index is 0.103. The number of ether oxygens (including phenoxy) is 2. The number of hydrogen-bond donors (Lipinski definition) is 1. The van der Waals surface area contributed by atoms with Gasteiger partial charge in [0.2, 0.25) is 5.91 Å². The van der Waals surface area contributed by atoms with Gasteiger partial charge in [0.05, 0.1) is 31.2 Å². The first-order valence-electron chi connectivity index (χ1n) is 9.65. The number of methoxy groups -OCH3 is 2. The fraction of sp³-hybridized carbons (Fsp3) is 0.304. The van der Waals surface area contributed by atoms with Crippen LogP contribution in [0.1, 0.15) is 23.1 Å². The van der Waals surface area contributed by atoms with E-state index in [1.54, 1.807) is 32.4 Å². The van der Waals surface area contributed by atoms with Gasteiger partial charge in [-0.2, -0.15) is 0 Å². The largest absolute Gasteiger partial charge is 0.497 e. The van der Waals surface area contributed by atoms with Gasteiger partial charge in [-0.3, -0.25) is 4.79 Å². The van der Waals surface area contributed by atoms with E-state index in [9.17, 15) is 4.79 Å². The lowest BCUT2D eigenvalue weighted by Gasteiger charge is -2.12. The molecule has 0 unspecified atom stereocenters. The van der Waals surface area contributed by atoms with Crippen LogP contribution in [0.2, 0.25) is 0 Å². The Hall–Kier alpha value is -2.73. The summed E-state index contributed by atoms with van der Waals surface area (Å²) in [6, 6.07) is 12.0. The minimum atomic E-state index is -0.103. The molecule has 0 atom stereocenters. The maximum absolute atomic E-state index is 12.5. The molecule has 6 heteroatoms. The molecule has 29 heavy (non-hydrogen) atoms. The first kappa shape index (κ1) is 19.6. The first-order valence-corrected chi connectivity index (χ1v) is 10.6. The molecule has 150 valence electrons. The molecule has 0 fully saturated rings. The second kappa shape index (κ2) is 8.33. The zero-order chi connectivity index (χ0) is 20.4. The van der Waals surface area contributed by atoms with Crippen molar-refractivity contribution in [2.24, 2.45) is 0 Å². The van der Waals surface area contributed by atoms with Crippen molar-refractivity contribution in [2.75, 3.05) is 25.3 Å². The van der Waals surface area contributed by atoms with E-state index in [1.165, 1.54) is 34.7 Å². The number of amides is 1. The number of anilines is 1. The van der Waals surface area contributed by atoms with E-state index >= 15 is 0 Å². The normalized spacial score (nSPS) is 12.7. The Morgan fingerprint density at radius 1 is 1.10 bits per heavy atom. The van der Waals surface area contributed by atoms with Crippen LogP contribution < -0.4 is 14.8 Å². The van der Waals surface area contributed by atoms with Gasteiger partial charge in [0.15, 0.2) is 0 Å². The Morgan fingerprint density at radius 3 is 2.66 bits per heavy atom. The standard InChI is InChI=1S/C23H24N2O3S/c1-14-9-17-10-15-5-4-6-16(15)11-20(17)25-23(14)29-13-22(26)24-19-8-7-18(27-2)12-21(19)28-3/h7-12H,4-6,13H2,1-3H3,(H,24,26). The molecule has 0 saturated heterocycles. The molecule has 0 saturated carbocycles. The molecule has 1 aliphatic rings. The van der Waals surface area contributed by atoms with Gasteiger partial charge < -0.3 is 14.8 Å². The number of thioether (sulfide) groups is 1. The number of nitrogens with one attached hydrogen (secondary N) is 1. The summed E-state index contributed by atoms with van der Waals surface area (Å²) >= 11 is 1.45. The molecule has 0 aliphatic heterocycles. The Bertz CT molecular complexity index is 1080. The third-order valence-electron chi connectivity index (χ3n) is 5.20. The van der Waals surface area contributed by atoms with Crippen LogP contribution in [0.4, 0.5) is 5.69 Å².